The molecule has 0 aliphatic rings. The zero-order valence-electron chi connectivity index (χ0n) is 9.47. The first kappa shape index (κ1) is 17.8. The third-order valence-corrected chi connectivity index (χ3v) is 2.30. The molecule has 110 valence electrons. The Morgan fingerprint density at radius 3 is 2.11 bits per heavy atom. The quantitative estimate of drug-likeness (QED) is 0.868. The van der Waals surface area contributed by atoms with Crippen molar-refractivity contribution in [3.63, 3.8) is 0 Å². The normalized spacial score (nSPS) is 13.7. The summed E-state index contributed by atoms with van der Waals surface area (Å²) in [7, 11) is 1.05. The molecule has 0 aliphatic heterocycles. The van der Waals surface area contributed by atoms with Crippen LogP contribution in [0.5, 0.6) is 5.75 Å². The van der Waals surface area contributed by atoms with Crippen molar-refractivity contribution >= 4 is 12.4 Å². The first-order chi connectivity index (χ1) is 8.11. The summed E-state index contributed by atoms with van der Waals surface area (Å²) in [6.07, 6.45) is -5.83. The van der Waals surface area contributed by atoms with E-state index < -0.39 is 29.5 Å². The molecule has 1 rings (SSSR count). The Labute approximate surface area is 110 Å². The van der Waals surface area contributed by atoms with E-state index in [1.54, 1.807) is 0 Å². The predicted molar refractivity (Wildman–Crippen MR) is 58.1 cm³/mol. The number of nitrogens with two attached hydrogens (primary N) is 1. The summed E-state index contributed by atoms with van der Waals surface area (Å²) in [5, 5.41) is 0. The maximum atomic E-state index is 13.0. The molecule has 1 aromatic rings. The van der Waals surface area contributed by atoms with Gasteiger partial charge >= 0.3 is 12.1 Å². The van der Waals surface area contributed by atoms with Crippen molar-refractivity contribution in [1.82, 2.24) is 0 Å². The second kappa shape index (κ2) is 5.87. The Bertz CT molecular complexity index is 437. The van der Waals surface area contributed by atoms with Crippen LogP contribution < -0.4 is 10.5 Å². The second-order valence-corrected chi connectivity index (χ2v) is 3.48. The molecule has 0 bridgehead atoms. The Hall–Kier alpha value is -1.15. The van der Waals surface area contributed by atoms with Crippen LogP contribution in [0.1, 0.15) is 11.6 Å². The summed E-state index contributed by atoms with van der Waals surface area (Å²) in [5.74, 6) is -6.51. The molecule has 0 unspecified atom stereocenters. The predicted octanol–water partition coefficient (Wildman–Crippen LogP) is 3.45. The molecule has 0 radical (unpaired) electrons. The highest BCUT2D eigenvalue weighted by molar-refractivity contribution is 5.85. The van der Waals surface area contributed by atoms with E-state index in [0.717, 1.165) is 19.2 Å². The number of hydrogen-bond donors (Lipinski definition) is 1. The molecule has 19 heavy (non-hydrogen) atoms. The van der Waals surface area contributed by atoms with E-state index in [9.17, 15) is 26.3 Å². The molecule has 0 aromatic heterocycles. The van der Waals surface area contributed by atoms with Gasteiger partial charge in [0.05, 0.1) is 7.11 Å². The summed E-state index contributed by atoms with van der Waals surface area (Å²) in [6.45, 7) is 0. The van der Waals surface area contributed by atoms with Crippen LogP contribution in [-0.2, 0) is 0 Å². The van der Waals surface area contributed by atoms with E-state index in [1.807, 2.05) is 0 Å². The lowest BCUT2D eigenvalue weighted by atomic mass is 10.00. The van der Waals surface area contributed by atoms with E-state index in [4.69, 9.17) is 5.73 Å². The zero-order valence-corrected chi connectivity index (χ0v) is 10.3. The molecule has 9 heteroatoms. The molecule has 0 amide bonds. The van der Waals surface area contributed by atoms with Crippen LogP contribution in [0, 0.1) is 5.82 Å². The lowest BCUT2D eigenvalue weighted by Gasteiger charge is -2.26. The highest BCUT2D eigenvalue weighted by Crippen LogP contribution is 2.45. The van der Waals surface area contributed by atoms with Crippen LogP contribution in [0.4, 0.5) is 26.3 Å². The van der Waals surface area contributed by atoms with Gasteiger partial charge in [0.1, 0.15) is 17.6 Å². The van der Waals surface area contributed by atoms with Gasteiger partial charge in [-0.15, -0.1) is 12.4 Å². The van der Waals surface area contributed by atoms with Crippen LogP contribution in [-0.4, -0.2) is 19.2 Å². The van der Waals surface area contributed by atoms with Crippen molar-refractivity contribution in [3.8, 4) is 5.75 Å². The lowest BCUT2D eigenvalue weighted by Crippen LogP contribution is -2.46. The Morgan fingerprint density at radius 1 is 1.16 bits per heavy atom. The van der Waals surface area contributed by atoms with Crippen LogP contribution in [0.15, 0.2) is 18.2 Å². The highest BCUT2D eigenvalue weighted by atomic mass is 35.5. The smallest absolute Gasteiger partial charge is 0.455 e. The third-order valence-electron chi connectivity index (χ3n) is 2.30. The minimum Gasteiger partial charge on any atom is -0.496 e. The highest BCUT2D eigenvalue weighted by Gasteiger charge is 2.62. The first-order valence-electron chi connectivity index (χ1n) is 4.64. The van der Waals surface area contributed by atoms with Gasteiger partial charge in [0.15, 0.2) is 0 Å². The number of halogens is 7. The minimum absolute atomic E-state index is 0. The molecule has 0 spiro atoms. The van der Waals surface area contributed by atoms with Gasteiger partial charge in [0.2, 0.25) is 0 Å². The molecule has 0 aliphatic carbocycles. The average Bonchev–Trinajstić information content (AvgIpc) is 2.26. The number of benzene rings is 1. The van der Waals surface area contributed by atoms with Gasteiger partial charge in [0, 0.05) is 5.56 Å². The Balaban J connectivity index is 0.00000324. The van der Waals surface area contributed by atoms with Crippen molar-refractivity contribution in [2.24, 2.45) is 5.73 Å². The van der Waals surface area contributed by atoms with Crippen LogP contribution in [0.2, 0.25) is 0 Å². The fourth-order valence-electron chi connectivity index (χ4n) is 1.32. The van der Waals surface area contributed by atoms with E-state index in [1.165, 1.54) is 0 Å². The number of rotatable bonds is 3. The van der Waals surface area contributed by atoms with E-state index in [0.29, 0.717) is 6.07 Å². The monoisotopic (exact) mass is 309 g/mol. The van der Waals surface area contributed by atoms with Crippen molar-refractivity contribution in [3.05, 3.63) is 29.6 Å². The fraction of sp³-hybridized carbons (Fsp3) is 0.400. The van der Waals surface area contributed by atoms with Gasteiger partial charge in [-0.1, -0.05) is 0 Å². The molecule has 2 N–H and O–H groups in total. The van der Waals surface area contributed by atoms with E-state index in [-0.39, 0.29) is 18.2 Å². The van der Waals surface area contributed by atoms with Gasteiger partial charge in [-0.2, -0.15) is 22.0 Å². The largest absolute Gasteiger partial charge is 0.496 e. The van der Waals surface area contributed by atoms with Gasteiger partial charge in [0.25, 0.3) is 0 Å². The summed E-state index contributed by atoms with van der Waals surface area (Å²) < 4.78 is 80.0. The van der Waals surface area contributed by atoms with Crippen molar-refractivity contribution < 1.29 is 31.1 Å². The first-order valence-corrected chi connectivity index (χ1v) is 4.64. The molecule has 0 heterocycles. The average molecular weight is 310 g/mol. The van der Waals surface area contributed by atoms with Crippen LogP contribution in [0.3, 0.4) is 0 Å². The molecular weight excluding hydrogens is 300 g/mol. The zero-order chi connectivity index (χ0) is 14.1. The van der Waals surface area contributed by atoms with Gasteiger partial charge < -0.3 is 10.5 Å². The van der Waals surface area contributed by atoms with Crippen molar-refractivity contribution in [2.45, 2.75) is 18.1 Å². The van der Waals surface area contributed by atoms with Crippen molar-refractivity contribution in [1.29, 1.82) is 0 Å². The Morgan fingerprint density at radius 2 is 1.68 bits per heavy atom. The molecule has 2 nitrogen and oxygen atoms in total. The maximum absolute atomic E-state index is 13.0. The summed E-state index contributed by atoms with van der Waals surface area (Å²) in [6, 6.07) is -0.468. The summed E-state index contributed by atoms with van der Waals surface area (Å²) in [5.41, 5.74) is 4.14. The van der Waals surface area contributed by atoms with Gasteiger partial charge in [-0.05, 0) is 18.2 Å². The second-order valence-electron chi connectivity index (χ2n) is 3.48. The molecular formula is C10H10ClF6NO. The molecule has 0 saturated carbocycles. The maximum Gasteiger partial charge on any atom is 0.455 e. The van der Waals surface area contributed by atoms with Gasteiger partial charge in [-0.3, -0.25) is 0 Å². The Kier molecular flexibility index (Phi) is 5.52. The minimum atomic E-state index is -5.83. The number of alkyl halides is 5. The SMILES string of the molecule is COc1ccc(F)cc1[C@@H](N)C(F)(F)C(F)(F)F.Cl. The molecule has 1 atom stereocenters. The van der Waals surface area contributed by atoms with Crippen LogP contribution >= 0.6 is 12.4 Å². The molecule has 1 aromatic carbocycles. The summed E-state index contributed by atoms with van der Waals surface area (Å²) >= 11 is 0. The molecule has 0 saturated heterocycles. The topological polar surface area (TPSA) is 35.2 Å². The summed E-state index contributed by atoms with van der Waals surface area (Å²) in [4.78, 5) is 0. The standard InChI is InChI=1S/C10H9F6NO.ClH/c1-18-7-3-2-5(11)4-6(7)8(17)9(12,13)10(14,15)16;/h2-4,8H,17H2,1H3;1H/t8-;/m1./s1. The van der Waals surface area contributed by atoms with E-state index >= 15 is 0 Å². The fourth-order valence-corrected chi connectivity index (χ4v) is 1.32. The number of hydrogen-bond acceptors (Lipinski definition) is 2. The number of ether oxygens (including phenoxy) is 1. The van der Waals surface area contributed by atoms with Crippen LogP contribution in [0.25, 0.3) is 0 Å². The number of methoxy groups -OCH3 is 1. The van der Waals surface area contributed by atoms with Crippen molar-refractivity contribution in [2.75, 3.05) is 7.11 Å². The lowest BCUT2D eigenvalue weighted by molar-refractivity contribution is -0.291. The molecule has 0 fully saturated rings. The third kappa shape index (κ3) is 3.44. The van der Waals surface area contributed by atoms with E-state index in [2.05, 4.69) is 4.74 Å². The van der Waals surface area contributed by atoms with Gasteiger partial charge in [-0.25, -0.2) is 4.39 Å².